The fourth-order valence-corrected chi connectivity index (χ4v) is 0.765. The SMILES string of the molecule is COCCCCCC(=O)C#N. The molecule has 3 heteroatoms. The predicted molar refractivity (Wildman–Crippen MR) is 41.0 cm³/mol. The number of unbranched alkanes of at least 4 members (excludes halogenated alkanes) is 2. The Bertz CT molecular complexity index is 149. The Morgan fingerprint density at radius 2 is 2.18 bits per heavy atom. The molecule has 0 aromatic rings. The summed E-state index contributed by atoms with van der Waals surface area (Å²) in [7, 11) is 1.65. The maximum Gasteiger partial charge on any atom is 0.231 e. The number of carbonyl (C=O) groups excluding carboxylic acids is 1. The highest BCUT2D eigenvalue weighted by atomic mass is 16.5. The van der Waals surface area contributed by atoms with Gasteiger partial charge in [0.2, 0.25) is 5.78 Å². The predicted octanol–water partition coefficient (Wildman–Crippen LogP) is 1.29. The van der Waals surface area contributed by atoms with Gasteiger partial charge in [-0.1, -0.05) is 6.42 Å². The third-order valence-electron chi connectivity index (χ3n) is 1.38. The van der Waals surface area contributed by atoms with Crippen molar-refractivity contribution in [3.63, 3.8) is 0 Å². The Morgan fingerprint density at radius 3 is 2.73 bits per heavy atom. The molecule has 0 saturated heterocycles. The summed E-state index contributed by atoms with van der Waals surface area (Å²) in [5, 5.41) is 8.11. The second-order valence-corrected chi connectivity index (χ2v) is 2.34. The summed E-state index contributed by atoms with van der Waals surface area (Å²) in [6.07, 6.45) is 3.12. The number of ketones is 1. The zero-order valence-electron chi connectivity index (χ0n) is 6.80. The number of methoxy groups -OCH3 is 1. The third kappa shape index (κ3) is 7.01. The molecule has 0 aliphatic rings. The van der Waals surface area contributed by atoms with Crippen LogP contribution >= 0.6 is 0 Å². The number of nitriles is 1. The normalized spacial score (nSPS) is 9.09. The summed E-state index contributed by atoms with van der Waals surface area (Å²) in [6.45, 7) is 0.737. The molecular weight excluding hydrogens is 142 g/mol. The quantitative estimate of drug-likeness (QED) is 0.429. The van der Waals surface area contributed by atoms with Gasteiger partial charge in [0.05, 0.1) is 0 Å². The minimum atomic E-state index is -0.317. The van der Waals surface area contributed by atoms with Gasteiger partial charge in [0.1, 0.15) is 6.07 Å². The van der Waals surface area contributed by atoms with Gasteiger partial charge in [0.15, 0.2) is 0 Å². The first-order chi connectivity index (χ1) is 5.31. The van der Waals surface area contributed by atoms with Gasteiger partial charge in [-0.05, 0) is 12.8 Å². The molecule has 3 nitrogen and oxygen atoms in total. The van der Waals surface area contributed by atoms with Crippen molar-refractivity contribution in [2.45, 2.75) is 25.7 Å². The molecule has 0 amide bonds. The minimum Gasteiger partial charge on any atom is -0.385 e. The number of Topliss-reactive ketones (excluding diaryl/α,β-unsaturated/α-hetero) is 1. The van der Waals surface area contributed by atoms with Gasteiger partial charge in [0, 0.05) is 20.1 Å². The largest absolute Gasteiger partial charge is 0.385 e. The van der Waals surface area contributed by atoms with E-state index >= 15 is 0 Å². The van der Waals surface area contributed by atoms with Gasteiger partial charge in [-0.25, -0.2) is 0 Å². The second-order valence-electron chi connectivity index (χ2n) is 2.34. The highest BCUT2D eigenvalue weighted by Gasteiger charge is 1.97. The van der Waals surface area contributed by atoms with Crippen LogP contribution in [0, 0.1) is 11.3 Å². The lowest BCUT2D eigenvalue weighted by Gasteiger charge is -1.96. The zero-order valence-corrected chi connectivity index (χ0v) is 6.80. The summed E-state index contributed by atoms with van der Waals surface area (Å²) in [6, 6.07) is 1.59. The van der Waals surface area contributed by atoms with Gasteiger partial charge in [0.25, 0.3) is 0 Å². The summed E-state index contributed by atoms with van der Waals surface area (Å²) in [4.78, 5) is 10.5. The molecule has 0 fully saturated rings. The Labute approximate surface area is 67.0 Å². The molecule has 0 unspecified atom stereocenters. The van der Waals surface area contributed by atoms with Gasteiger partial charge in [-0.3, -0.25) is 4.79 Å². The second kappa shape index (κ2) is 7.23. The van der Waals surface area contributed by atoms with Crippen molar-refractivity contribution in [2.24, 2.45) is 0 Å². The van der Waals surface area contributed by atoms with E-state index in [0.717, 1.165) is 25.9 Å². The van der Waals surface area contributed by atoms with Crippen LogP contribution in [0.15, 0.2) is 0 Å². The first-order valence-corrected chi connectivity index (χ1v) is 3.73. The van der Waals surface area contributed by atoms with Gasteiger partial charge in [-0.2, -0.15) is 5.26 Å². The Hall–Kier alpha value is -0.880. The van der Waals surface area contributed by atoms with E-state index in [-0.39, 0.29) is 5.78 Å². The fourth-order valence-electron chi connectivity index (χ4n) is 0.765. The number of nitrogens with zero attached hydrogens (tertiary/aromatic N) is 1. The first-order valence-electron chi connectivity index (χ1n) is 3.73. The molecule has 0 radical (unpaired) electrons. The van der Waals surface area contributed by atoms with Crippen LogP contribution in [0.5, 0.6) is 0 Å². The van der Waals surface area contributed by atoms with E-state index in [0.29, 0.717) is 6.42 Å². The molecule has 0 aromatic carbocycles. The van der Waals surface area contributed by atoms with Crippen molar-refractivity contribution in [2.75, 3.05) is 13.7 Å². The maximum atomic E-state index is 10.5. The lowest BCUT2D eigenvalue weighted by molar-refractivity contribution is -0.114. The van der Waals surface area contributed by atoms with Gasteiger partial charge in [-0.15, -0.1) is 0 Å². The lowest BCUT2D eigenvalue weighted by atomic mass is 10.1. The van der Waals surface area contributed by atoms with E-state index in [9.17, 15) is 4.79 Å². The lowest BCUT2D eigenvalue weighted by Crippen LogP contribution is -1.93. The molecule has 0 N–H and O–H groups in total. The standard InChI is InChI=1S/C8H13NO2/c1-11-6-4-2-3-5-8(10)7-9/h2-6H2,1H3. The average Bonchev–Trinajstić information content (AvgIpc) is 2.04. The van der Waals surface area contributed by atoms with E-state index in [2.05, 4.69) is 0 Å². The molecule has 0 aliphatic heterocycles. The molecule has 0 rings (SSSR count). The smallest absolute Gasteiger partial charge is 0.231 e. The minimum absolute atomic E-state index is 0.317. The third-order valence-corrected chi connectivity index (χ3v) is 1.38. The van der Waals surface area contributed by atoms with Crippen molar-refractivity contribution in [3.8, 4) is 6.07 Å². The van der Waals surface area contributed by atoms with Crippen molar-refractivity contribution in [3.05, 3.63) is 0 Å². The van der Waals surface area contributed by atoms with Crippen molar-refractivity contribution >= 4 is 5.78 Å². The molecule has 0 spiro atoms. The van der Waals surface area contributed by atoms with Crippen molar-refractivity contribution in [1.29, 1.82) is 5.26 Å². The van der Waals surface area contributed by atoms with Crippen LogP contribution in [0.3, 0.4) is 0 Å². The molecule has 11 heavy (non-hydrogen) atoms. The van der Waals surface area contributed by atoms with Crippen LogP contribution in [0.1, 0.15) is 25.7 Å². The molecule has 0 aromatic heterocycles. The number of ether oxygens (including phenoxy) is 1. The zero-order chi connectivity index (χ0) is 8.53. The van der Waals surface area contributed by atoms with Crippen LogP contribution in [0.25, 0.3) is 0 Å². The van der Waals surface area contributed by atoms with E-state index in [1.54, 1.807) is 13.2 Å². The Balaban J connectivity index is 3.03. The van der Waals surface area contributed by atoms with Crippen molar-refractivity contribution < 1.29 is 9.53 Å². The highest BCUT2D eigenvalue weighted by Crippen LogP contribution is 1.99. The van der Waals surface area contributed by atoms with E-state index in [1.807, 2.05) is 0 Å². The van der Waals surface area contributed by atoms with Crippen LogP contribution < -0.4 is 0 Å². The van der Waals surface area contributed by atoms with E-state index < -0.39 is 0 Å². The average molecular weight is 155 g/mol. The Kier molecular flexibility index (Phi) is 6.65. The number of hydrogen-bond acceptors (Lipinski definition) is 3. The topological polar surface area (TPSA) is 50.1 Å². The monoisotopic (exact) mass is 155 g/mol. The first kappa shape index (κ1) is 10.1. The number of carbonyl (C=O) groups is 1. The van der Waals surface area contributed by atoms with Crippen LogP contribution in [0.2, 0.25) is 0 Å². The molecule has 0 saturated carbocycles. The summed E-state index contributed by atoms with van der Waals surface area (Å²) in [5.41, 5.74) is 0. The Morgan fingerprint density at radius 1 is 1.45 bits per heavy atom. The number of rotatable bonds is 6. The van der Waals surface area contributed by atoms with Crippen LogP contribution in [0.4, 0.5) is 0 Å². The van der Waals surface area contributed by atoms with Gasteiger partial charge < -0.3 is 4.74 Å². The van der Waals surface area contributed by atoms with Gasteiger partial charge >= 0.3 is 0 Å². The van der Waals surface area contributed by atoms with Crippen LogP contribution in [-0.2, 0) is 9.53 Å². The summed E-state index contributed by atoms with van der Waals surface area (Å²) >= 11 is 0. The van der Waals surface area contributed by atoms with Crippen LogP contribution in [-0.4, -0.2) is 19.5 Å². The molecule has 0 heterocycles. The number of hydrogen-bond donors (Lipinski definition) is 0. The summed E-state index contributed by atoms with van der Waals surface area (Å²) < 4.78 is 4.83. The van der Waals surface area contributed by atoms with Crippen molar-refractivity contribution in [1.82, 2.24) is 0 Å². The fraction of sp³-hybridized carbons (Fsp3) is 0.750. The summed E-state index contributed by atoms with van der Waals surface area (Å²) in [5.74, 6) is -0.317. The molecule has 0 aliphatic carbocycles. The molecule has 62 valence electrons. The van der Waals surface area contributed by atoms with E-state index in [4.69, 9.17) is 10.00 Å². The molecular formula is C8H13NO2. The highest BCUT2D eigenvalue weighted by molar-refractivity contribution is 5.93. The maximum absolute atomic E-state index is 10.5. The molecule has 0 bridgehead atoms. The molecule has 0 atom stereocenters. The van der Waals surface area contributed by atoms with E-state index in [1.165, 1.54) is 0 Å².